The molecule has 2 heterocycles. The van der Waals surface area contributed by atoms with Crippen LogP contribution in [0.25, 0.3) is 0 Å². The Morgan fingerprint density at radius 2 is 1.94 bits per heavy atom. The van der Waals surface area contributed by atoms with E-state index in [0.29, 0.717) is 31.4 Å². The molecule has 1 aromatic carbocycles. The van der Waals surface area contributed by atoms with E-state index in [9.17, 15) is 18.3 Å². The van der Waals surface area contributed by atoms with Crippen LogP contribution in [0.2, 0.25) is 0 Å². The molecule has 0 fully saturated rings. The number of pyridine rings is 1. The van der Waals surface area contributed by atoms with Crippen LogP contribution in [-0.2, 0) is 26.0 Å². The lowest BCUT2D eigenvalue weighted by atomic mass is 9.82. The Balaban J connectivity index is 1.76. The molecule has 186 valence electrons. The van der Waals surface area contributed by atoms with Crippen LogP contribution in [0, 0.1) is 17.2 Å². The second-order valence-electron chi connectivity index (χ2n) is 9.02. The van der Waals surface area contributed by atoms with Gasteiger partial charge in [0.15, 0.2) is 5.03 Å². The third-order valence-corrected chi connectivity index (χ3v) is 7.39. The summed E-state index contributed by atoms with van der Waals surface area (Å²) in [6.07, 6.45) is 5.04. The fourth-order valence-electron chi connectivity index (χ4n) is 4.64. The van der Waals surface area contributed by atoms with Crippen LogP contribution in [0.3, 0.4) is 0 Å². The molecule has 1 atom stereocenters. The van der Waals surface area contributed by atoms with Gasteiger partial charge in [0.25, 0.3) is 10.0 Å². The number of nitriles is 1. The number of aliphatic hydroxyl groups excluding tert-OH is 1. The minimum atomic E-state index is -3.94. The van der Waals surface area contributed by atoms with Gasteiger partial charge in [0, 0.05) is 18.3 Å². The van der Waals surface area contributed by atoms with E-state index in [1.807, 2.05) is 32.9 Å². The quantitative estimate of drug-likeness (QED) is 0.440. The van der Waals surface area contributed by atoms with Crippen LogP contribution < -0.4 is 4.72 Å². The number of hydrogen-bond acceptors (Lipinski definition) is 7. The number of esters is 1. The molecule has 0 spiro atoms. The first-order chi connectivity index (χ1) is 16.6. The lowest BCUT2D eigenvalue weighted by Gasteiger charge is -2.38. The first-order valence-electron chi connectivity index (χ1n) is 11.8. The van der Waals surface area contributed by atoms with Gasteiger partial charge in [0.05, 0.1) is 11.1 Å². The number of nitrogens with one attached hydrogen (secondary N) is 1. The molecule has 1 unspecified atom stereocenters. The van der Waals surface area contributed by atoms with E-state index in [4.69, 9.17) is 10.00 Å². The van der Waals surface area contributed by atoms with Gasteiger partial charge >= 0.3 is 5.97 Å². The number of nitrogens with zero attached hydrogens (tertiary/aromatic N) is 2. The minimum absolute atomic E-state index is 0.0828. The van der Waals surface area contributed by atoms with Crippen molar-refractivity contribution in [2.45, 2.75) is 69.9 Å². The fraction of sp³-hybridized carbons (Fsp3) is 0.423. The van der Waals surface area contributed by atoms with E-state index in [2.05, 4.69) is 9.71 Å². The summed E-state index contributed by atoms with van der Waals surface area (Å²) in [5.41, 5.74) is 1.03. The highest BCUT2D eigenvalue weighted by molar-refractivity contribution is 7.92. The van der Waals surface area contributed by atoms with Gasteiger partial charge in [-0.2, -0.15) is 13.7 Å². The van der Waals surface area contributed by atoms with Crippen molar-refractivity contribution in [1.29, 1.82) is 5.26 Å². The summed E-state index contributed by atoms with van der Waals surface area (Å²) in [5.74, 6) is -0.720. The molecule has 1 aliphatic heterocycles. The van der Waals surface area contributed by atoms with Crippen LogP contribution in [0.1, 0.15) is 64.0 Å². The largest absolute Gasteiger partial charge is 0.512 e. The standard InChI is InChI=1S/C26H31N3O5S/c1-4-11-26(12-5-2)15-22(30)24(25(31)34-26)18(3)13-19-7-6-8-21(14-19)29-35(32,33)23-10-9-20(16-27)17-28-23/h6-10,14,17-18,29-30H,4-5,11-13,15H2,1-3H3. The molecule has 0 saturated heterocycles. The molecule has 2 aromatic rings. The highest BCUT2D eigenvalue weighted by Crippen LogP contribution is 2.39. The number of sulfonamides is 1. The molecule has 0 radical (unpaired) electrons. The molecular formula is C26H31N3O5S. The SMILES string of the molecule is CCCC1(CCC)CC(O)=C(C(C)Cc2cccc(NS(=O)(=O)c3ccc(C#N)cn3)c2)C(=O)O1. The molecule has 2 N–H and O–H groups in total. The van der Waals surface area contributed by atoms with Crippen LogP contribution in [0.15, 0.2) is 59.0 Å². The van der Waals surface area contributed by atoms with Crippen LogP contribution in [0.4, 0.5) is 5.69 Å². The Hall–Kier alpha value is -3.38. The first kappa shape index (κ1) is 26.2. The molecule has 0 aliphatic carbocycles. The van der Waals surface area contributed by atoms with E-state index in [1.165, 1.54) is 18.3 Å². The number of cyclic esters (lactones) is 1. The Morgan fingerprint density at radius 1 is 1.23 bits per heavy atom. The maximum atomic E-state index is 12.9. The van der Waals surface area contributed by atoms with Gasteiger partial charge in [0.2, 0.25) is 0 Å². The lowest BCUT2D eigenvalue weighted by molar-refractivity contribution is -0.161. The predicted molar refractivity (Wildman–Crippen MR) is 132 cm³/mol. The Morgan fingerprint density at radius 3 is 2.51 bits per heavy atom. The highest BCUT2D eigenvalue weighted by atomic mass is 32.2. The topological polar surface area (TPSA) is 129 Å². The molecular weight excluding hydrogens is 466 g/mol. The lowest BCUT2D eigenvalue weighted by Crippen LogP contribution is -2.41. The number of aliphatic hydroxyl groups is 1. The smallest absolute Gasteiger partial charge is 0.338 e. The fourth-order valence-corrected chi connectivity index (χ4v) is 5.62. The van der Waals surface area contributed by atoms with Gasteiger partial charge in [-0.05, 0) is 55.0 Å². The van der Waals surface area contributed by atoms with Crippen molar-refractivity contribution in [3.63, 3.8) is 0 Å². The number of carbonyl (C=O) groups excluding carboxylic acids is 1. The third kappa shape index (κ3) is 6.20. The summed E-state index contributed by atoms with van der Waals surface area (Å²) < 4.78 is 33.7. The number of aromatic nitrogens is 1. The Bertz CT molecular complexity index is 1240. The number of anilines is 1. The first-order valence-corrected chi connectivity index (χ1v) is 13.2. The van der Waals surface area contributed by atoms with Gasteiger partial charge in [-0.3, -0.25) is 4.72 Å². The van der Waals surface area contributed by atoms with Gasteiger partial charge in [-0.25, -0.2) is 9.78 Å². The van der Waals surface area contributed by atoms with Gasteiger partial charge in [-0.1, -0.05) is 45.7 Å². The maximum absolute atomic E-state index is 12.9. The van der Waals surface area contributed by atoms with Crippen molar-refractivity contribution >= 4 is 21.7 Å². The van der Waals surface area contributed by atoms with Crippen molar-refractivity contribution < 1.29 is 23.1 Å². The maximum Gasteiger partial charge on any atom is 0.338 e. The van der Waals surface area contributed by atoms with Crippen LogP contribution in [-0.4, -0.2) is 30.1 Å². The summed E-state index contributed by atoms with van der Waals surface area (Å²) in [6, 6.07) is 11.4. The summed E-state index contributed by atoms with van der Waals surface area (Å²) in [7, 11) is -3.94. The minimum Gasteiger partial charge on any atom is -0.512 e. The zero-order valence-corrected chi connectivity index (χ0v) is 21.1. The Labute approximate surface area is 206 Å². The second kappa shape index (κ2) is 10.9. The molecule has 1 aliphatic rings. The highest BCUT2D eigenvalue weighted by Gasteiger charge is 2.41. The van der Waals surface area contributed by atoms with Crippen molar-refractivity contribution in [2.75, 3.05) is 4.72 Å². The van der Waals surface area contributed by atoms with Gasteiger partial charge < -0.3 is 9.84 Å². The zero-order chi connectivity index (χ0) is 25.6. The number of hydrogen-bond donors (Lipinski definition) is 2. The Kier molecular flexibility index (Phi) is 8.18. The predicted octanol–water partition coefficient (Wildman–Crippen LogP) is 5.03. The molecule has 1 aromatic heterocycles. The number of rotatable bonds is 10. The zero-order valence-electron chi connectivity index (χ0n) is 20.2. The third-order valence-electron chi connectivity index (χ3n) is 6.10. The summed E-state index contributed by atoms with van der Waals surface area (Å²) in [6.45, 7) is 5.91. The van der Waals surface area contributed by atoms with Gasteiger partial charge in [0.1, 0.15) is 17.4 Å². The summed E-state index contributed by atoms with van der Waals surface area (Å²) in [5, 5.41) is 19.5. The molecule has 0 saturated carbocycles. The number of benzene rings is 1. The number of ether oxygens (including phenoxy) is 1. The van der Waals surface area contributed by atoms with Gasteiger partial charge in [-0.15, -0.1) is 0 Å². The summed E-state index contributed by atoms with van der Waals surface area (Å²) >= 11 is 0. The second-order valence-corrected chi connectivity index (χ2v) is 10.6. The molecule has 9 heteroatoms. The average molecular weight is 498 g/mol. The van der Waals surface area contributed by atoms with Crippen LogP contribution >= 0.6 is 0 Å². The van der Waals surface area contributed by atoms with E-state index >= 15 is 0 Å². The van der Waals surface area contributed by atoms with Crippen molar-refractivity contribution in [1.82, 2.24) is 4.98 Å². The molecule has 0 amide bonds. The van der Waals surface area contributed by atoms with E-state index in [1.54, 1.807) is 18.2 Å². The number of carbonyl (C=O) groups is 1. The average Bonchev–Trinajstić information content (AvgIpc) is 2.79. The van der Waals surface area contributed by atoms with E-state index < -0.39 is 21.6 Å². The molecule has 3 rings (SSSR count). The molecule has 0 bridgehead atoms. The van der Waals surface area contributed by atoms with E-state index in [0.717, 1.165) is 18.4 Å². The van der Waals surface area contributed by atoms with Crippen molar-refractivity contribution in [2.24, 2.45) is 5.92 Å². The monoisotopic (exact) mass is 497 g/mol. The van der Waals surface area contributed by atoms with Crippen molar-refractivity contribution in [3.8, 4) is 6.07 Å². The van der Waals surface area contributed by atoms with E-state index in [-0.39, 0.29) is 27.8 Å². The van der Waals surface area contributed by atoms with Crippen LogP contribution in [0.5, 0.6) is 0 Å². The molecule has 8 nitrogen and oxygen atoms in total. The van der Waals surface area contributed by atoms with Crippen molar-refractivity contribution in [3.05, 3.63) is 65.1 Å². The molecule has 35 heavy (non-hydrogen) atoms. The normalized spacial score (nSPS) is 16.3. The summed E-state index contributed by atoms with van der Waals surface area (Å²) in [4.78, 5) is 16.7.